The summed E-state index contributed by atoms with van der Waals surface area (Å²) in [6.07, 6.45) is 2.11. The van der Waals surface area contributed by atoms with Crippen LogP contribution in [0.5, 0.6) is 0 Å². The molecule has 1 aromatic rings. The zero-order chi connectivity index (χ0) is 13.5. The minimum atomic E-state index is -0.418. The first-order chi connectivity index (χ1) is 9.25. The third-order valence-electron chi connectivity index (χ3n) is 3.19. The van der Waals surface area contributed by atoms with Crippen LogP contribution >= 0.6 is 0 Å². The second kappa shape index (κ2) is 7.21. The highest BCUT2D eigenvalue weighted by molar-refractivity contribution is 5.92. The standard InChI is InChI=1S/C14H19FN2O2/c15-12-3-1-2-4-13(12)17-14(18)9-16-7-5-11-6-8-19-10-11/h1-4,11,16H,5-10H2,(H,17,18). The van der Waals surface area contributed by atoms with Gasteiger partial charge in [-0.3, -0.25) is 4.79 Å². The minimum Gasteiger partial charge on any atom is -0.381 e. The number of carbonyl (C=O) groups excluding carboxylic acids is 1. The molecule has 104 valence electrons. The number of nitrogens with one attached hydrogen (secondary N) is 2. The number of rotatable bonds is 6. The topological polar surface area (TPSA) is 50.4 Å². The second-order valence-electron chi connectivity index (χ2n) is 4.72. The van der Waals surface area contributed by atoms with Crippen molar-refractivity contribution in [2.45, 2.75) is 12.8 Å². The van der Waals surface area contributed by atoms with Gasteiger partial charge in [0.25, 0.3) is 0 Å². The molecule has 0 aromatic heterocycles. The molecule has 1 fully saturated rings. The third kappa shape index (κ3) is 4.61. The van der Waals surface area contributed by atoms with Gasteiger partial charge in [0.2, 0.25) is 5.91 Å². The van der Waals surface area contributed by atoms with E-state index in [0.717, 1.165) is 32.6 Å². The van der Waals surface area contributed by atoms with Crippen molar-refractivity contribution >= 4 is 11.6 Å². The fraction of sp³-hybridized carbons (Fsp3) is 0.500. The summed E-state index contributed by atoms with van der Waals surface area (Å²) >= 11 is 0. The normalized spacial score (nSPS) is 18.5. The monoisotopic (exact) mass is 266 g/mol. The molecule has 0 bridgehead atoms. The lowest BCUT2D eigenvalue weighted by Crippen LogP contribution is -2.29. The van der Waals surface area contributed by atoms with Gasteiger partial charge in [0.15, 0.2) is 0 Å². The van der Waals surface area contributed by atoms with Gasteiger partial charge in [0.1, 0.15) is 5.82 Å². The van der Waals surface area contributed by atoms with Crippen molar-refractivity contribution in [2.24, 2.45) is 5.92 Å². The maximum atomic E-state index is 13.3. The Hall–Kier alpha value is -1.46. The molecule has 1 saturated heterocycles. The molecule has 0 saturated carbocycles. The molecule has 1 unspecified atom stereocenters. The molecule has 1 aliphatic heterocycles. The Kier molecular flexibility index (Phi) is 5.30. The van der Waals surface area contributed by atoms with Gasteiger partial charge >= 0.3 is 0 Å². The van der Waals surface area contributed by atoms with E-state index >= 15 is 0 Å². The summed E-state index contributed by atoms with van der Waals surface area (Å²) in [6, 6.07) is 6.14. The Labute approximate surface area is 112 Å². The number of para-hydroxylation sites is 1. The van der Waals surface area contributed by atoms with E-state index < -0.39 is 5.82 Å². The Balaban J connectivity index is 1.63. The Morgan fingerprint density at radius 1 is 1.42 bits per heavy atom. The van der Waals surface area contributed by atoms with Gasteiger partial charge in [-0.15, -0.1) is 0 Å². The largest absolute Gasteiger partial charge is 0.381 e. The highest BCUT2D eigenvalue weighted by Gasteiger charge is 2.14. The first kappa shape index (κ1) is 14.0. The van der Waals surface area contributed by atoms with Crippen LogP contribution in [0.2, 0.25) is 0 Å². The molecule has 1 amide bonds. The van der Waals surface area contributed by atoms with Gasteiger partial charge in [-0.25, -0.2) is 4.39 Å². The van der Waals surface area contributed by atoms with Crippen LogP contribution in [0.3, 0.4) is 0 Å². The van der Waals surface area contributed by atoms with Gasteiger partial charge in [-0.1, -0.05) is 12.1 Å². The molecule has 1 aliphatic rings. The molecule has 19 heavy (non-hydrogen) atoms. The molecule has 2 N–H and O–H groups in total. The maximum absolute atomic E-state index is 13.3. The van der Waals surface area contributed by atoms with Crippen molar-refractivity contribution in [3.05, 3.63) is 30.1 Å². The highest BCUT2D eigenvalue weighted by Crippen LogP contribution is 2.15. The quantitative estimate of drug-likeness (QED) is 0.772. The van der Waals surface area contributed by atoms with E-state index in [-0.39, 0.29) is 18.1 Å². The SMILES string of the molecule is O=C(CNCCC1CCOC1)Nc1ccccc1F. The predicted octanol–water partition coefficient (Wildman–Crippen LogP) is 1.78. The number of hydrogen-bond acceptors (Lipinski definition) is 3. The number of halogens is 1. The van der Waals surface area contributed by atoms with Gasteiger partial charge in [-0.05, 0) is 37.4 Å². The summed E-state index contributed by atoms with van der Waals surface area (Å²) in [6.45, 7) is 2.64. The fourth-order valence-electron chi connectivity index (χ4n) is 2.08. The molecule has 0 aliphatic carbocycles. The van der Waals surface area contributed by atoms with Crippen LogP contribution in [-0.4, -0.2) is 32.2 Å². The lowest BCUT2D eigenvalue weighted by molar-refractivity contribution is -0.115. The first-order valence-corrected chi connectivity index (χ1v) is 6.58. The molecular formula is C14H19FN2O2. The van der Waals surface area contributed by atoms with E-state index in [1.165, 1.54) is 6.07 Å². The molecule has 0 radical (unpaired) electrons. The number of anilines is 1. The Morgan fingerprint density at radius 2 is 2.26 bits per heavy atom. The lowest BCUT2D eigenvalue weighted by Gasteiger charge is -2.09. The van der Waals surface area contributed by atoms with E-state index in [1.807, 2.05) is 0 Å². The summed E-state index contributed by atoms with van der Waals surface area (Å²) in [5.74, 6) is -0.0474. The molecule has 2 rings (SSSR count). The van der Waals surface area contributed by atoms with Crippen LogP contribution < -0.4 is 10.6 Å². The number of ether oxygens (including phenoxy) is 1. The van der Waals surface area contributed by atoms with Crippen LogP contribution in [0.1, 0.15) is 12.8 Å². The van der Waals surface area contributed by atoms with Crippen LogP contribution in [0.25, 0.3) is 0 Å². The summed E-state index contributed by atoms with van der Waals surface area (Å²) in [5.41, 5.74) is 0.221. The van der Waals surface area contributed by atoms with E-state index in [1.54, 1.807) is 18.2 Å². The van der Waals surface area contributed by atoms with Crippen molar-refractivity contribution in [1.29, 1.82) is 0 Å². The van der Waals surface area contributed by atoms with E-state index in [9.17, 15) is 9.18 Å². The van der Waals surface area contributed by atoms with Crippen LogP contribution in [0, 0.1) is 11.7 Å². The second-order valence-corrected chi connectivity index (χ2v) is 4.72. The van der Waals surface area contributed by atoms with E-state index in [0.29, 0.717) is 5.92 Å². The number of hydrogen-bond donors (Lipinski definition) is 2. The summed E-state index contributed by atoms with van der Waals surface area (Å²) in [5, 5.41) is 5.60. The Morgan fingerprint density at radius 3 is 3.00 bits per heavy atom. The van der Waals surface area contributed by atoms with E-state index in [4.69, 9.17) is 4.74 Å². The summed E-state index contributed by atoms with van der Waals surface area (Å²) in [4.78, 5) is 11.6. The van der Waals surface area contributed by atoms with Gasteiger partial charge < -0.3 is 15.4 Å². The van der Waals surface area contributed by atoms with Crippen molar-refractivity contribution in [3.8, 4) is 0 Å². The number of carbonyl (C=O) groups is 1. The van der Waals surface area contributed by atoms with Crippen molar-refractivity contribution in [1.82, 2.24) is 5.32 Å². The minimum absolute atomic E-state index is 0.196. The molecule has 1 atom stereocenters. The lowest BCUT2D eigenvalue weighted by atomic mass is 10.1. The molecule has 1 aromatic carbocycles. The third-order valence-corrected chi connectivity index (χ3v) is 3.19. The van der Waals surface area contributed by atoms with Crippen LogP contribution in [0.4, 0.5) is 10.1 Å². The number of amides is 1. The Bertz CT molecular complexity index is 420. The van der Waals surface area contributed by atoms with Crippen LogP contribution in [0.15, 0.2) is 24.3 Å². The number of benzene rings is 1. The zero-order valence-corrected chi connectivity index (χ0v) is 10.8. The van der Waals surface area contributed by atoms with Crippen molar-refractivity contribution in [3.63, 3.8) is 0 Å². The first-order valence-electron chi connectivity index (χ1n) is 6.58. The predicted molar refractivity (Wildman–Crippen MR) is 71.4 cm³/mol. The van der Waals surface area contributed by atoms with Gasteiger partial charge in [0, 0.05) is 13.2 Å². The molecular weight excluding hydrogens is 247 g/mol. The average Bonchev–Trinajstić information content (AvgIpc) is 2.91. The molecule has 0 spiro atoms. The molecule has 1 heterocycles. The van der Waals surface area contributed by atoms with Crippen molar-refractivity contribution in [2.75, 3.05) is 31.6 Å². The van der Waals surface area contributed by atoms with Gasteiger partial charge in [0.05, 0.1) is 12.2 Å². The summed E-state index contributed by atoms with van der Waals surface area (Å²) < 4.78 is 18.6. The fourth-order valence-corrected chi connectivity index (χ4v) is 2.08. The summed E-state index contributed by atoms with van der Waals surface area (Å²) in [7, 11) is 0. The maximum Gasteiger partial charge on any atom is 0.238 e. The van der Waals surface area contributed by atoms with Crippen LogP contribution in [-0.2, 0) is 9.53 Å². The molecule has 4 nitrogen and oxygen atoms in total. The van der Waals surface area contributed by atoms with Crippen molar-refractivity contribution < 1.29 is 13.9 Å². The molecule has 5 heteroatoms. The smallest absolute Gasteiger partial charge is 0.238 e. The average molecular weight is 266 g/mol. The van der Waals surface area contributed by atoms with Gasteiger partial charge in [-0.2, -0.15) is 0 Å². The highest BCUT2D eigenvalue weighted by atomic mass is 19.1. The zero-order valence-electron chi connectivity index (χ0n) is 10.8. The van der Waals surface area contributed by atoms with E-state index in [2.05, 4.69) is 10.6 Å².